The average Bonchev–Trinajstić information content (AvgIpc) is 2.75. The van der Waals surface area contributed by atoms with E-state index in [4.69, 9.17) is 23.2 Å². The first-order chi connectivity index (χ1) is 14.8. The van der Waals surface area contributed by atoms with Crippen LogP contribution in [0.5, 0.6) is 5.75 Å². The molecule has 1 saturated heterocycles. The van der Waals surface area contributed by atoms with Crippen molar-refractivity contribution in [2.24, 2.45) is 5.92 Å². The summed E-state index contributed by atoms with van der Waals surface area (Å²) in [5.41, 5.74) is 2.08. The van der Waals surface area contributed by atoms with Gasteiger partial charge in [0.1, 0.15) is 5.75 Å². The fraction of sp³-hybridized carbons (Fsp3) is 0.480. The molecule has 166 valence electrons. The van der Waals surface area contributed by atoms with Gasteiger partial charge in [-0.25, -0.2) is 0 Å². The molecule has 4 rings (SSSR count). The van der Waals surface area contributed by atoms with Crippen LogP contribution in [0.15, 0.2) is 42.5 Å². The van der Waals surface area contributed by atoms with E-state index in [0.29, 0.717) is 28.1 Å². The maximum Gasteiger partial charge on any atom is 0.226 e. The third-order valence-corrected chi connectivity index (χ3v) is 8.14. The second-order valence-corrected chi connectivity index (χ2v) is 10.1. The third-order valence-electron chi connectivity index (χ3n) is 7.40. The molecule has 3 atom stereocenters. The molecule has 0 bridgehead atoms. The summed E-state index contributed by atoms with van der Waals surface area (Å²) in [6, 6.07) is 13.3. The lowest BCUT2D eigenvalue weighted by Gasteiger charge is -2.53. The van der Waals surface area contributed by atoms with Crippen LogP contribution in [-0.2, 0) is 16.6 Å². The highest BCUT2D eigenvalue weighted by molar-refractivity contribution is 6.42. The van der Waals surface area contributed by atoms with E-state index in [-0.39, 0.29) is 17.4 Å². The normalized spacial score (nSPS) is 26.3. The molecule has 0 aromatic heterocycles. The molecule has 6 heteroatoms. The lowest BCUT2D eigenvalue weighted by Crippen LogP contribution is -2.55. The van der Waals surface area contributed by atoms with Gasteiger partial charge in [-0.3, -0.25) is 4.79 Å². The highest BCUT2D eigenvalue weighted by atomic mass is 35.5. The molecule has 1 aliphatic carbocycles. The monoisotopic (exact) mass is 460 g/mol. The van der Waals surface area contributed by atoms with Crippen LogP contribution in [0.25, 0.3) is 0 Å². The number of hydrogen-bond acceptors (Lipinski definition) is 3. The molecule has 0 unspecified atom stereocenters. The maximum absolute atomic E-state index is 13.1. The van der Waals surface area contributed by atoms with E-state index in [1.54, 1.807) is 18.2 Å². The van der Waals surface area contributed by atoms with Crippen LogP contribution in [-0.4, -0.2) is 54.0 Å². The molecule has 2 aliphatic rings. The van der Waals surface area contributed by atoms with E-state index in [2.05, 4.69) is 18.0 Å². The molecule has 1 saturated carbocycles. The molecule has 1 amide bonds. The van der Waals surface area contributed by atoms with Crippen LogP contribution in [0.4, 0.5) is 0 Å². The van der Waals surface area contributed by atoms with Crippen molar-refractivity contribution in [1.82, 2.24) is 9.80 Å². The SMILES string of the molecule is CN1CC[C@@]2(c3cccc(O)c3)C[C@@H](N(C)C(=O)Cc3ccc(Cl)c(Cl)c3)CC[C@@H]2C1. The molecule has 4 nitrogen and oxygen atoms in total. The van der Waals surface area contributed by atoms with Crippen molar-refractivity contribution in [3.8, 4) is 5.75 Å². The van der Waals surface area contributed by atoms with Gasteiger partial charge in [-0.2, -0.15) is 0 Å². The quantitative estimate of drug-likeness (QED) is 0.686. The van der Waals surface area contributed by atoms with Gasteiger partial charge in [-0.1, -0.05) is 41.4 Å². The molecular formula is C25H30Cl2N2O2. The van der Waals surface area contributed by atoms with Gasteiger partial charge < -0.3 is 14.9 Å². The summed E-state index contributed by atoms with van der Waals surface area (Å²) in [5, 5.41) is 11.1. The lowest BCUT2D eigenvalue weighted by molar-refractivity contribution is -0.133. The lowest BCUT2D eigenvalue weighted by atomic mass is 9.58. The van der Waals surface area contributed by atoms with Gasteiger partial charge in [0.2, 0.25) is 5.91 Å². The first-order valence-corrected chi connectivity index (χ1v) is 11.7. The fourth-order valence-electron chi connectivity index (χ4n) is 5.59. The minimum absolute atomic E-state index is 0.00765. The van der Waals surface area contributed by atoms with Gasteiger partial charge >= 0.3 is 0 Å². The number of nitrogens with zero attached hydrogens (tertiary/aromatic N) is 2. The zero-order chi connectivity index (χ0) is 22.2. The smallest absolute Gasteiger partial charge is 0.226 e. The number of fused-ring (bicyclic) bond motifs is 1. The fourth-order valence-corrected chi connectivity index (χ4v) is 5.91. The molecule has 1 heterocycles. The Kier molecular flexibility index (Phi) is 6.52. The van der Waals surface area contributed by atoms with Crippen molar-refractivity contribution in [1.29, 1.82) is 0 Å². The number of phenols is 1. The van der Waals surface area contributed by atoms with Crippen LogP contribution < -0.4 is 0 Å². The van der Waals surface area contributed by atoms with E-state index in [1.807, 2.05) is 30.1 Å². The number of amides is 1. The van der Waals surface area contributed by atoms with Gasteiger partial charge in [0, 0.05) is 25.0 Å². The Balaban J connectivity index is 1.55. The molecule has 2 fully saturated rings. The summed E-state index contributed by atoms with van der Waals surface area (Å²) in [4.78, 5) is 17.5. The molecule has 2 aromatic carbocycles. The van der Waals surface area contributed by atoms with Crippen LogP contribution in [0.1, 0.15) is 36.8 Å². The molecule has 1 aliphatic heterocycles. The van der Waals surface area contributed by atoms with Crippen LogP contribution in [0.2, 0.25) is 10.0 Å². The second kappa shape index (κ2) is 9.01. The number of hydrogen-bond donors (Lipinski definition) is 1. The van der Waals surface area contributed by atoms with Crippen LogP contribution in [0, 0.1) is 5.92 Å². The maximum atomic E-state index is 13.1. The highest BCUT2D eigenvalue weighted by Crippen LogP contribution is 2.50. The van der Waals surface area contributed by atoms with Crippen molar-refractivity contribution < 1.29 is 9.90 Å². The number of halogens is 2. The highest BCUT2D eigenvalue weighted by Gasteiger charge is 2.48. The molecular weight excluding hydrogens is 431 g/mol. The predicted octanol–water partition coefficient (Wildman–Crippen LogP) is 5.14. The summed E-state index contributed by atoms with van der Waals surface area (Å²) in [5.74, 6) is 0.944. The zero-order valence-electron chi connectivity index (χ0n) is 18.2. The minimum atomic E-state index is -0.00765. The molecule has 1 N–H and O–H groups in total. The van der Waals surface area contributed by atoms with Gasteiger partial charge in [-0.05, 0) is 80.6 Å². The van der Waals surface area contributed by atoms with E-state index in [1.165, 1.54) is 5.56 Å². The van der Waals surface area contributed by atoms with Crippen molar-refractivity contribution in [3.63, 3.8) is 0 Å². The Bertz CT molecular complexity index is 966. The number of aromatic hydroxyl groups is 1. The van der Waals surface area contributed by atoms with Gasteiger partial charge in [0.25, 0.3) is 0 Å². The Morgan fingerprint density at radius 2 is 2.00 bits per heavy atom. The van der Waals surface area contributed by atoms with E-state index in [0.717, 1.165) is 44.3 Å². The van der Waals surface area contributed by atoms with E-state index < -0.39 is 0 Å². The van der Waals surface area contributed by atoms with Gasteiger partial charge in [-0.15, -0.1) is 0 Å². The number of carbonyl (C=O) groups is 1. The first-order valence-electron chi connectivity index (χ1n) is 11.0. The van der Waals surface area contributed by atoms with Crippen molar-refractivity contribution in [3.05, 3.63) is 63.6 Å². The topological polar surface area (TPSA) is 43.8 Å². The second-order valence-electron chi connectivity index (χ2n) is 9.28. The van der Waals surface area contributed by atoms with Gasteiger partial charge in [0.15, 0.2) is 0 Å². The van der Waals surface area contributed by atoms with Gasteiger partial charge in [0.05, 0.1) is 16.5 Å². The van der Waals surface area contributed by atoms with Crippen molar-refractivity contribution in [2.45, 2.75) is 43.6 Å². The van der Waals surface area contributed by atoms with E-state index >= 15 is 0 Å². The Morgan fingerprint density at radius 3 is 2.74 bits per heavy atom. The average molecular weight is 461 g/mol. The zero-order valence-corrected chi connectivity index (χ0v) is 19.7. The summed E-state index contributed by atoms with van der Waals surface area (Å²) in [6.45, 7) is 2.09. The number of phenolic OH excluding ortho intramolecular Hbond substituents is 1. The van der Waals surface area contributed by atoms with E-state index in [9.17, 15) is 9.90 Å². The molecule has 31 heavy (non-hydrogen) atoms. The third kappa shape index (κ3) is 4.57. The molecule has 2 aromatic rings. The number of carbonyl (C=O) groups excluding carboxylic acids is 1. The number of benzene rings is 2. The largest absolute Gasteiger partial charge is 0.508 e. The molecule has 0 spiro atoms. The number of likely N-dealkylation sites (N-methyl/N-ethyl adjacent to an activating group) is 1. The Morgan fingerprint density at radius 1 is 1.19 bits per heavy atom. The summed E-state index contributed by atoms with van der Waals surface area (Å²) in [7, 11) is 4.11. The number of piperidine rings is 1. The molecule has 0 radical (unpaired) electrons. The first kappa shape index (κ1) is 22.4. The standard InChI is InChI=1S/C25H30Cl2N2O2/c1-28-11-10-25(18-4-3-5-21(30)14-18)15-20(8-7-19(25)16-28)29(2)24(31)13-17-6-9-22(26)23(27)12-17/h3-6,9,12,14,19-20,30H,7-8,10-11,13,15-16H2,1-2H3/t19-,20+,25+/m1/s1. The number of rotatable bonds is 4. The summed E-state index contributed by atoms with van der Waals surface area (Å²) in [6.07, 6.45) is 4.37. The number of likely N-dealkylation sites (tertiary alicyclic amines) is 1. The van der Waals surface area contributed by atoms with Crippen LogP contribution in [0.3, 0.4) is 0 Å². The predicted molar refractivity (Wildman–Crippen MR) is 126 cm³/mol. The van der Waals surface area contributed by atoms with Crippen molar-refractivity contribution >= 4 is 29.1 Å². The minimum Gasteiger partial charge on any atom is -0.508 e. The summed E-state index contributed by atoms with van der Waals surface area (Å²) >= 11 is 12.1. The summed E-state index contributed by atoms with van der Waals surface area (Å²) < 4.78 is 0. The Labute approximate surface area is 194 Å². The van der Waals surface area contributed by atoms with Crippen molar-refractivity contribution in [2.75, 3.05) is 27.2 Å². The van der Waals surface area contributed by atoms with Crippen LogP contribution >= 0.6 is 23.2 Å². The Hall–Kier alpha value is -1.75.